The van der Waals surface area contributed by atoms with Crippen LogP contribution in [0.25, 0.3) is 6.08 Å². The molecule has 6 heteroatoms. The number of piperidine rings is 1. The van der Waals surface area contributed by atoms with Gasteiger partial charge in [0, 0.05) is 30.6 Å². The van der Waals surface area contributed by atoms with Crippen LogP contribution in [0.1, 0.15) is 28.8 Å². The largest absolute Gasteiger partial charge is 0.486 e. The van der Waals surface area contributed by atoms with Crippen LogP contribution in [0.2, 0.25) is 0 Å². The summed E-state index contributed by atoms with van der Waals surface area (Å²) in [4.78, 5) is 27.0. The molecule has 5 nitrogen and oxygen atoms in total. The fourth-order valence-electron chi connectivity index (χ4n) is 3.68. The summed E-state index contributed by atoms with van der Waals surface area (Å²) in [5.74, 6) is 0.770. The van der Waals surface area contributed by atoms with Crippen molar-refractivity contribution < 1.29 is 23.5 Å². The molecule has 0 radical (unpaired) electrons. The van der Waals surface area contributed by atoms with E-state index in [-0.39, 0.29) is 23.4 Å². The van der Waals surface area contributed by atoms with Crippen LogP contribution in [0.3, 0.4) is 0 Å². The van der Waals surface area contributed by atoms with Gasteiger partial charge in [-0.05, 0) is 54.8 Å². The highest BCUT2D eigenvalue weighted by atomic mass is 19.1. The molecule has 1 amide bonds. The third-order valence-electron chi connectivity index (χ3n) is 5.27. The number of hydrogen-bond acceptors (Lipinski definition) is 4. The smallest absolute Gasteiger partial charge is 0.246 e. The predicted molar refractivity (Wildman–Crippen MR) is 107 cm³/mol. The van der Waals surface area contributed by atoms with Crippen LogP contribution >= 0.6 is 0 Å². The highest BCUT2D eigenvalue weighted by Crippen LogP contribution is 2.32. The number of Topliss-reactive ketones (excluding diaryl/α,β-unsaturated/α-hetero) is 1. The first-order chi connectivity index (χ1) is 14.1. The first kappa shape index (κ1) is 19.2. The molecule has 2 aromatic rings. The minimum absolute atomic E-state index is 0.0735. The predicted octanol–water partition coefficient (Wildman–Crippen LogP) is 3.73. The van der Waals surface area contributed by atoms with Crippen LogP contribution < -0.4 is 9.47 Å². The first-order valence-electron chi connectivity index (χ1n) is 9.76. The van der Waals surface area contributed by atoms with E-state index in [4.69, 9.17) is 9.47 Å². The summed E-state index contributed by atoms with van der Waals surface area (Å²) in [6.07, 6.45) is 4.30. The lowest BCUT2D eigenvalue weighted by Gasteiger charge is -2.30. The number of likely N-dealkylation sites (tertiary alicyclic amines) is 1. The number of fused-ring (bicyclic) bond motifs is 1. The van der Waals surface area contributed by atoms with Gasteiger partial charge in [0.25, 0.3) is 0 Å². The molecule has 0 unspecified atom stereocenters. The summed E-state index contributed by atoms with van der Waals surface area (Å²) < 4.78 is 24.3. The Bertz CT molecular complexity index is 948. The van der Waals surface area contributed by atoms with E-state index in [1.54, 1.807) is 41.3 Å². The normalized spacial score (nSPS) is 16.8. The minimum Gasteiger partial charge on any atom is -0.486 e. The molecule has 2 aromatic carbocycles. The molecule has 1 saturated heterocycles. The van der Waals surface area contributed by atoms with Crippen LogP contribution in [-0.2, 0) is 4.79 Å². The average molecular weight is 395 g/mol. The van der Waals surface area contributed by atoms with E-state index in [0.29, 0.717) is 61.8 Å². The number of amides is 1. The molecule has 0 atom stereocenters. The second kappa shape index (κ2) is 8.47. The second-order valence-corrected chi connectivity index (χ2v) is 7.21. The highest BCUT2D eigenvalue weighted by molar-refractivity contribution is 5.99. The van der Waals surface area contributed by atoms with Crippen molar-refractivity contribution in [3.05, 3.63) is 65.5 Å². The number of benzene rings is 2. The molecule has 0 aliphatic carbocycles. The van der Waals surface area contributed by atoms with Gasteiger partial charge in [-0.3, -0.25) is 9.59 Å². The van der Waals surface area contributed by atoms with E-state index in [1.165, 1.54) is 18.2 Å². The van der Waals surface area contributed by atoms with Crippen molar-refractivity contribution in [3.8, 4) is 11.5 Å². The van der Waals surface area contributed by atoms with E-state index in [0.717, 1.165) is 0 Å². The summed E-state index contributed by atoms with van der Waals surface area (Å²) >= 11 is 0. The lowest BCUT2D eigenvalue weighted by molar-refractivity contribution is -0.127. The summed E-state index contributed by atoms with van der Waals surface area (Å²) in [6.45, 7) is 2.04. The summed E-state index contributed by atoms with van der Waals surface area (Å²) in [6, 6.07) is 11.4. The number of ether oxygens (including phenoxy) is 2. The molecule has 0 spiro atoms. The molecule has 1 fully saturated rings. The quantitative estimate of drug-likeness (QED) is 0.585. The zero-order valence-electron chi connectivity index (χ0n) is 16.0. The zero-order chi connectivity index (χ0) is 20.2. The van der Waals surface area contributed by atoms with E-state index >= 15 is 0 Å². The van der Waals surface area contributed by atoms with Crippen LogP contribution in [-0.4, -0.2) is 42.9 Å². The van der Waals surface area contributed by atoms with Crippen molar-refractivity contribution in [1.82, 2.24) is 4.90 Å². The molecule has 2 aliphatic heterocycles. The molecule has 150 valence electrons. The van der Waals surface area contributed by atoms with Crippen LogP contribution in [0.4, 0.5) is 4.39 Å². The lowest BCUT2D eigenvalue weighted by atomic mass is 9.88. The Morgan fingerprint density at radius 1 is 1.00 bits per heavy atom. The monoisotopic (exact) mass is 395 g/mol. The molecule has 29 heavy (non-hydrogen) atoms. The molecule has 2 aliphatic rings. The topological polar surface area (TPSA) is 55.8 Å². The van der Waals surface area contributed by atoms with Gasteiger partial charge in [-0.15, -0.1) is 0 Å². The van der Waals surface area contributed by atoms with Crippen LogP contribution in [0.5, 0.6) is 11.5 Å². The number of hydrogen-bond donors (Lipinski definition) is 0. The van der Waals surface area contributed by atoms with E-state index in [1.807, 2.05) is 0 Å². The number of ketones is 1. The fraction of sp³-hybridized carbons (Fsp3) is 0.304. The lowest BCUT2D eigenvalue weighted by Crippen LogP contribution is -2.39. The standard InChI is InChI=1S/C23H22FNO4/c24-19-3-1-2-16(14-19)4-7-22(26)25-10-8-17(9-11-25)23(27)18-5-6-20-21(15-18)29-13-12-28-20/h1-7,14-15,17H,8-13H2/b7-4+. The zero-order valence-corrected chi connectivity index (χ0v) is 16.0. The van der Waals surface area contributed by atoms with E-state index < -0.39 is 0 Å². The van der Waals surface area contributed by atoms with Gasteiger partial charge >= 0.3 is 0 Å². The van der Waals surface area contributed by atoms with Crippen molar-refractivity contribution in [1.29, 1.82) is 0 Å². The highest BCUT2D eigenvalue weighted by Gasteiger charge is 2.28. The molecule has 0 aromatic heterocycles. The Kier molecular flexibility index (Phi) is 5.60. The minimum atomic E-state index is -0.335. The van der Waals surface area contributed by atoms with Crippen molar-refractivity contribution in [2.24, 2.45) is 5.92 Å². The van der Waals surface area contributed by atoms with Crippen molar-refractivity contribution in [2.75, 3.05) is 26.3 Å². The maximum Gasteiger partial charge on any atom is 0.246 e. The molecule has 0 saturated carbocycles. The van der Waals surface area contributed by atoms with Gasteiger partial charge in [-0.25, -0.2) is 4.39 Å². The second-order valence-electron chi connectivity index (χ2n) is 7.21. The van der Waals surface area contributed by atoms with Crippen molar-refractivity contribution in [3.63, 3.8) is 0 Å². The molecular weight excluding hydrogens is 373 g/mol. The Labute approximate surface area is 168 Å². The average Bonchev–Trinajstić information content (AvgIpc) is 2.77. The van der Waals surface area contributed by atoms with Crippen LogP contribution in [0.15, 0.2) is 48.5 Å². The van der Waals surface area contributed by atoms with E-state index in [2.05, 4.69) is 0 Å². The number of carbonyl (C=O) groups excluding carboxylic acids is 2. The Morgan fingerprint density at radius 2 is 1.76 bits per heavy atom. The van der Waals surface area contributed by atoms with Gasteiger partial charge in [0.15, 0.2) is 17.3 Å². The van der Waals surface area contributed by atoms with Crippen molar-refractivity contribution >= 4 is 17.8 Å². The Hall–Kier alpha value is -3.15. The molecular formula is C23H22FNO4. The Morgan fingerprint density at radius 3 is 2.52 bits per heavy atom. The third kappa shape index (κ3) is 4.47. The summed E-state index contributed by atoms with van der Waals surface area (Å²) in [5.41, 5.74) is 1.26. The molecule has 2 heterocycles. The van der Waals surface area contributed by atoms with Gasteiger partial charge in [0.05, 0.1) is 0 Å². The van der Waals surface area contributed by atoms with E-state index in [9.17, 15) is 14.0 Å². The maximum atomic E-state index is 13.2. The van der Waals surface area contributed by atoms with Gasteiger partial charge in [-0.2, -0.15) is 0 Å². The van der Waals surface area contributed by atoms with Gasteiger partial charge in [0.1, 0.15) is 19.0 Å². The van der Waals surface area contributed by atoms with Gasteiger partial charge in [-0.1, -0.05) is 12.1 Å². The molecule has 4 rings (SSSR count). The summed E-state index contributed by atoms with van der Waals surface area (Å²) in [5, 5.41) is 0. The number of carbonyl (C=O) groups is 2. The third-order valence-corrected chi connectivity index (χ3v) is 5.27. The molecule has 0 bridgehead atoms. The Balaban J connectivity index is 1.34. The number of nitrogens with zero attached hydrogens (tertiary/aromatic N) is 1. The number of rotatable bonds is 4. The van der Waals surface area contributed by atoms with Crippen LogP contribution in [0, 0.1) is 11.7 Å². The molecule has 0 N–H and O–H groups in total. The number of halogens is 1. The van der Waals surface area contributed by atoms with Gasteiger partial charge < -0.3 is 14.4 Å². The fourth-order valence-corrected chi connectivity index (χ4v) is 3.68. The maximum absolute atomic E-state index is 13.2. The van der Waals surface area contributed by atoms with Gasteiger partial charge in [0.2, 0.25) is 5.91 Å². The SMILES string of the molecule is O=C(c1ccc2c(c1)OCCO2)C1CCN(C(=O)/C=C/c2cccc(F)c2)CC1. The van der Waals surface area contributed by atoms with Crippen molar-refractivity contribution in [2.45, 2.75) is 12.8 Å². The first-order valence-corrected chi connectivity index (χ1v) is 9.76. The summed E-state index contributed by atoms with van der Waals surface area (Å²) in [7, 11) is 0.